The Morgan fingerprint density at radius 1 is 0.895 bits per heavy atom. The van der Waals surface area contributed by atoms with Crippen molar-refractivity contribution >= 4 is 53.1 Å². The number of piperazine rings is 1. The van der Waals surface area contributed by atoms with Gasteiger partial charge in [-0.3, -0.25) is 38.6 Å². The molecule has 0 aromatic heterocycles. The number of hydrogen-bond acceptors (Lipinski definition) is 12. The van der Waals surface area contributed by atoms with Gasteiger partial charge in [-0.05, 0) is 92.3 Å². The van der Waals surface area contributed by atoms with E-state index in [1.165, 1.54) is 29.2 Å². The number of ether oxygens (including phenoxy) is 3. The van der Waals surface area contributed by atoms with E-state index < -0.39 is 42.3 Å². The lowest BCUT2D eigenvalue weighted by Crippen LogP contribution is -2.58. The molecule has 0 spiro atoms. The third kappa shape index (κ3) is 17.5. The molecule has 16 nitrogen and oxygen atoms in total. The Morgan fingerprint density at radius 3 is 2.24 bits per heavy atom. The summed E-state index contributed by atoms with van der Waals surface area (Å²) in [6.45, 7) is 17.0. The molecule has 4 aliphatic rings. The minimum absolute atomic E-state index is 0.0398. The van der Waals surface area contributed by atoms with Gasteiger partial charge in [0.15, 0.2) is 5.78 Å². The maximum atomic E-state index is 14.9. The van der Waals surface area contributed by atoms with E-state index in [0.29, 0.717) is 120 Å². The average molecular weight is 1060 g/mol. The van der Waals surface area contributed by atoms with Crippen LogP contribution in [0.5, 0.6) is 0 Å². The smallest absolute Gasteiger partial charge is 0.410 e. The Labute approximate surface area is 448 Å². The molecule has 0 aliphatic carbocycles. The Morgan fingerprint density at radius 2 is 1.57 bits per heavy atom. The number of likely N-dealkylation sites (N-methyl/N-ethyl adjacent to an activating group) is 1. The van der Waals surface area contributed by atoms with Crippen molar-refractivity contribution in [2.45, 2.75) is 130 Å². The topological polar surface area (TPSA) is 189 Å². The summed E-state index contributed by atoms with van der Waals surface area (Å²) in [6.07, 6.45) is 8.41. The summed E-state index contributed by atoms with van der Waals surface area (Å²) in [5.74, 6) is -3.26. The number of amides is 4. The number of imide groups is 1. The van der Waals surface area contributed by atoms with E-state index in [1.807, 2.05) is 83.2 Å². The van der Waals surface area contributed by atoms with Crippen LogP contribution in [0.3, 0.4) is 0 Å². The number of cyclic esters (lactones) is 1. The zero-order chi connectivity index (χ0) is 55.1. The lowest BCUT2D eigenvalue weighted by atomic mass is 9.88. The monoisotopic (exact) mass is 1050 g/mol. The number of aliphatic hydroxyl groups is 1. The zero-order valence-electron chi connectivity index (χ0n) is 45.7. The van der Waals surface area contributed by atoms with Gasteiger partial charge < -0.3 is 34.0 Å². The van der Waals surface area contributed by atoms with Crippen LogP contribution in [0.25, 0.3) is 6.08 Å². The first-order valence-electron chi connectivity index (χ1n) is 27.3. The molecule has 4 aliphatic heterocycles. The van der Waals surface area contributed by atoms with Gasteiger partial charge >= 0.3 is 12.1 Å². The van der Waals surface area contributed by atoms with Gasteiger partial charge in [0, 0.05) is 74.1 Å². The molecule has 17 heteroatoms. The first-order chi connectivity index (χ1) is 36.2. The number of benzene rings is 2. The van der Waals surface area contributed by atoms with E-state index in [4.69, 9.17) is 14.2 Å². The molecule has 414 valence electrons. The molecule has 7 atom stereocenters. The van der Waals surface area contributed by atoms with E-state index in [2.05, 4.69) is 17.3 Å². The summed E-state index contributed by atoms with van der Waals surface area (Å²) in [4.78, 5) is 95.0. The Kier molecular flexibility index (Phi) is 21.7. The molecule has 6 rings (SSSR count). The van der Waals surface area contributed by atoms with Gasteiger partial charge in [-0.15, -0.1) is 0 Å². The van der Waals surface area contributed by atoms with Crippen LogP contribution in [0.15, 0.2) is 72.3 Å². The highest BCUT2D eigenvalue weighted by molar-refractivity contribution is 6.12. The highest BCUT2D eigenvalue weighted by Crippen LogP contribution is 2.29. The maximum Gasteiger partial charge on any atom is 0.410 e. The number of morpholine rings is 1. The van der Waals surface area contributed by atoms with Crippen LogP contribution in [0.4, 0.5) is 14.9 Å². The summed E-state index contributed by atoms with van der Waals surface area (Å²) in [5.41, 5.74) is 3.98. The third-order valence-electron chi connectivity index (χ3n) is 15.3. The zero-order valence-corrected chi connectivity index (χ0v) is 45.7. The largest absolute Gasteiger partial charge is 0.457 e. The minimum Gasteiger partial charge on any atom is -0.457 e. The van der Waals surface area contributed by atoms with Crippen molar-refractivity contribution in [3.05, 3.63) is 94.8 Å². The molecule has 76 heavy (non-hydrogen) atoms. The molecule has 2 saturated heterocycles. The van der Waals surface area contributed by atoms with Crippen molar-refractivity contribution in [2.24, 2.45) is 23.7 Å². The van der Waals surface area contributed by atoms with Crippen LogP contribution in [-0.4, -0.2) is 151 Å². The Balaban J connectivity index is 0.971. The number of anilines is 1. The summed E-state index contributed by atoms with van der Waals surface area (Å²) >= 11 is 0. The van der Waals surface area contributed by atoms with Crippen molar-refractivity contribution < 1.29 is 61.8 Å². The lowest BCUT2D eigenvalue weighted by Gasteiger charge is -2.42. The van der Waals surface area contributed by atoms with Crippen molar-refractivity contribution in [3.63, 3.8) is 0 Å². The maximum absolute atomic E-state index is 14.9. The molecule has 2 fully saturated rings. The van der Waals surface area contributed by atoms with Crippen LogP contribution < -0.4 is 10.2 Å². The van der Waals surface area contributed by atoms with Gasteiger partial charge in [0.05, 0.1) is 65.0 Å². The highest BCUT2D eigenvalue weighted by Gasteiger charge is 2.35. The minimum atomic E-state index is -0.939. The number of esters is 1. The summed E-state index contributed by atoms with van der Waals surface area (Å²) in [7, 11) is 2.16. The third-order valence-corrected chi connectivity index (χ3v) is 15.3. The second-order valence-corrected chi connectivity index (χ2v) is 22.1. The standard InChI is InChI=1S/C59H80FN5O11/c1-39(2)51(36-49(66)11-9-8-10-22-64-54(69)20-21-55(64)70)58(72)61-43(6)52(68)34-44-14-16-45(17-15-44)38-65(7)27-23-63(24-28-65)59(73)75-53-19-13-41(4)57(76-56(71)37-50(67)18-12-40(53)3)42(5)31-46-32-47(60)35-48(33-46)62-25-29-74-30-26-62/h13-17,19-21,31-33,35,39-41,43,50-51,53,57,67H,8-12,18,22-30,34,36-38H2,1-7H3/p+1/b19-13+,42-31+/t40-,41-,43-,50+,51-,53-,57-/m0/s1. The van der Waals surface area contributed by atoms with E-state index in [1.54, 1.807) is 11.8 Å². The lowest BCUT2D eigenvalue weighted by molar-refractivity contribution is -0.926. The number of carbonyl (C=O) groups is 7. The molecule has 0 unspecified atom stereocenters. The number of nitrogens with one attached hydrogen (secondary N) is 1. The number of hydrogen-bond donors (Lipinski definition) is 2. The number of Topliss-reactive ketones (excluding diaryl/α,β-unsaturated/α-hetero) is 2. The number of aliphatic hydroxyl groups excluding tert-OH is 1. The summed E-state index contributed by atoms with van der Waals surface area (Å²) in [6, 6.07) is 12.0. The van der Waals surface area contributed by atoms with Crippen molar-refractivity contribution in [3.8, 4) is 0 Å². The first-order valence-corrected chi connectivity index (χ1v) is 27.3. The Hall–Kier alpha value is -6.04. The molecular weight excluding hydrogens is 974 g/mol. The number of unbranched alkanes of at least 4 members (excludes halogenated alkanes) is 2. The molecule has 4 heterocycles. The van der Waals surface area contributed by atoms with E-state index in [9.17, 15) is 43.1 Å². The number of nitrogens with zero attached hydrogens (tertiary/aromatic N) is 4. The predicted octanol–water partition coefficient (Wildman–Crippen LogP) is 7.15. The molecule has 2 aromatic carbocycles. The van der Waals surface area contributed by atoms with Gasteiger partial charge in [0.2, 0.25) is 5.91 Å². The number of ketones is 2. The molecule has 0 saturated carbocycles. The molecular formula is C59H81FN5O11+. The number of quaternary nitrogens is 1. The van der Waals surface area contributed by atoms with Crippen molar-refractivity contribution in [2.75, 3.05) is 71.0 Å². The fourth-order valence-electron chi connectivity index (χ4n) is 10.3. The van der Waals surface area contributed by atoms with E-state index in [0.717, 1.165) is 16.8 Å². The van der Waals surface area contributed by atoms with Gasteiger partial charge in [-0.2, -0.15) is 0 Å². The van der Waals surface area contributed by atoms with E-state index in [-0.39, 0.29) is 72.1 Å². The van der Waals surface area contributed by atoms with Crippen LogP contribution >= 0.6 is 0 Å². The molecule has 4 amide bonds. The van der Waals surface area contributed by atoms with Gasteiger partial charge in [0.25, 0.3) is 11.8 Å². The first kappa shape index (κ1) is 59.2. The molecule has 0 radical (unpaired) electrons. The summed E-state index contributed by atoms with van der Waals surface area (Å²) < 4.78 is 33.3. The Bertz CT molecular complexity index is 2440. The molecule has 2 N–H and O–H groups in total. The SMILES string of the molecule is C/C(=C\c1cc(F)cc(N2CCOCC2)c1)[C@H]1OC(=O)C[C@H](O)CC[C@H](C)[C@@H](OC(=O)N2CC[N+](C)(Cc3ccc(CC(=O)[C@H](C)NC(=O)[C@@H](CC(=O)CCCCCN4C(=O)C=CC4=O)C(C)C)cc3)CC2)/C=C/[C@@H]1C. The number of carbonyl (C=O) groups excluding carboxylic acids is 7. The van der Waals surface area contributed by atoms with Crippen LogP contribution in [-0.2, 0) is 55.9 Å². The number of halogens is 1. The second-order valence-electron chi connectivity index (χ2n) is 22.1. The van der Waals surface area contributed by atoms with Gasteiger partial charge in [-0.1, -0.05) is 70.5 Å². The quantitative estimate of drug-likeness (QED) is 0.0449. The average Bonchev–Trinajstić information content (AvgIpc) is 3.70. The van der Waals surface area contributed by atoms with E-state index >= 15 is 0 Å². The fraction of sp³-hybridized carbons (Fsp3) is 0.576. The van der Waals surface area contributed by atoms with Crippen LogP contribution in [0, 0.1) is 29.5 Å². The molecule has 0 bridgehead atoms. The highest BCUT2D eigenvalue weighted by atomic mass is 19.1. The van der Waals surface area contributed by atoms with Gasteiger partial charge in [-0.25, -0.2) is 9.18 Å². The van der Waals surface area contributed by atoms with Gasteiger partial charge in [0.1, 0.15) is 30.4 Å². The normalized spacial score (nSPS) is 23.8. The van der Waals surface area contributed by atoms with Crippen LogP contribution in [0.2, 0.25) is 0 Å². The fourth-order valence-corrected chi connectivity index (χ4v) is 10.3. The molecule has 2 aromatic rings. The van der Waals surface area contributed by atoms with Crippen molar-refractivity contribution in [1.29, 1.82) is 0 Å². The van der Waals surface area contributed by atoms with Crippen LogP contribution in [0.1, 0.15) is 110 Å². The second kappa shape index (κ2) is 27.8. The summed E-state index contributed by atoms with van der Waals surface area (Å²) in [5, 5.41) is 13.7. The number of rotatable bonds is 20. The predicted molar refractivity (Wildman–Crippen MR) is 287 cm³/mol. The van der Waals surface area contributed by atoms with Crippen molar-refractivity contribution in [1.82, 2.24) is 15.1 Å².